The molecule has 0 saturated carbocycles. The van der Waals surface area contributed by atoms with E-state index in [4.69, 9.17) is 4.55 Å². The van der Waals surface area contributed by atoms with Crippen molar-refractivity contribution >= 4 is 48.1 Å². The molecule has 0 heterocycles. The molecule has 1 aromatic carbocycles. The molecule has 0 amide bonds. The maximum absolute atomic E-state index is 10.1. The minimum absolute atomic E-state index is 0. The van der Waals surface area contributed by atoms with Crippen LogP contribution >= 0.6 is 0 Å². The predicted octanol–water partition coefficient (Wildman–Crippen LogP) is -0.0480. The summed E-state index contributed by atoms with van der Waals surface area (Å²) in [6.45, 7) is 0. The van der Waals surface area contributed by atoms with Crippen molar-refractivity contribution in [1.29, 1.82) is 0 Å². The molecule has 0 aromatic heterocycles. The Kier molecular flexibility index (Phi) is 5.12. The predicted molar refractivity (Wildman–Crippen MR) is 47.2 cm³/mol. The Bertz CT molecular complexity index is 321. The van der Waals surface area contributed by atoms with Crippen LogP contribution in [-0.2, 0) is 10.4 Å². The SMILES string of the molecule is O=S(=O)(O)Oc1ccccc1.[CaH2]. The Labute approximate surface area is 100 Å². The minimum atomic E-state index is -4.38. The molecule has 0 unspecified atom stereocenters. The van der Waals surface area contributed by atoms with Crippen molar-refractivity contribution in [3.05, 3.63) is 30.3 Å². The van der Waals surface area contributed by atoms with Gasteiger partial charge in [-0.05, 0) is 12.1 Å². The van der Waals surface area contributed by atoms with E-state index in [1.807, 2.05) is 0 Å². The normalized spacial score (nSPS) is 10.1. The van der Waals surface area contributed by atoms with Crippen molar-refractivity contribution in [2.24, 2.45) is 0 Å². The number of benzene rings is 1. The van der Waals surface area contributed by atoms with Gasteiger partial charge in [-0.25, -0.2) is 0 Å². The van der Waals surface area contributed by atoms with Gasteiger partial charge in [0.2, 0.25) is 0 Å². The maximum atomic E-state index is 10.1. The molecule has 0 spiro atoms. The van der Waals surface area contributed by atoms with Crippen molar-refractivity contribution in [3.63, 3.8) is 0 Å². The fourth-order valence-corrected chi connectivity index (χ4v) is 0.952. The van der Waals surface area contributed by atoms with Gasteiger partial charge >= 0.3 is 48.1 Å². The second kappa shape index (κ2) is 5.04. The topological polar surface area (TPSA) is 63.6 Å². The molecule has 1 N–H and O–H groups in total. The first-order valence-corrected chi connectivity index (χ1v) is 4.16. The average molecular weight is 216 g/mol. The van der Waals surface area contributed by atoms with Crippen molar-refractivity contribution in [1.82, 2.24) is 0 Å². The summed E-state index contributed by atoms with van der Waals surface area (Å²) in [6, 6.07) is 7.75. The molecule has 0 saturated heterocycles. The third-order valence-corrected chi connectivity index (χ3v) is 1.35. The second-order valence-corrected chi connectivity index (χ2v) is 2.85. The van der Waals surface area contributed by atoms with Gasteiger partial charge in [0.05, 0.1) is 0 Å². The van der Waals surface area contributed by atoms with Gasteiger partial charge in [-0.2, -0.15) is 8.42 Å². The zero-order chi connectivity index (χ0) is 8.32. The van der Waals surface area contributed by atoms with Crippen LogP contribution in [-0.4, -0.2) is 50.7 Å². The van der Waals surface area contributed by atoms with E-state index in [0.29, 0.717) is 0 Å². The third kappa shape index (κ3) is 4.95. The van der Waals surface area contributed by atoms with E-state index in [2.05, 4.69) is 4.18 Å². The Balaban J connectivity index is 0.00000121. The molecular weight excluding hydrogens is 208 g/mol. The van der Waals surface area contributed by atoms with Gasteiger partial charge < -0.3 is 4.18 Å². The monoisotopic (exact) mass is 216 g/mol. The zero-order valence-electron chi connectivity index (χ0n) is 5.47. The van der Waals surface area contributed by atoms with Crippen LogP contribution in [0, 0.1) is 0 Å². The summed E-state index contributed by atoms with van der Waals surface area (Å²) in [4.78, 5) is 0. The van der Waals surface area contributed by atoms with Crippen molar-refractivity contribution in [2.75, 3.05) is 0 Å². The van der Waals surface area contributed by atoms with Crippen LogP contribution in [0.15, 0.2) is 30.3 Å². The summed E-state index contributed by atoms with van der Waals surface area (Å²) in [5.74, 6) is 0.0926. The van der Waals surface area contributed by atoms with E-state index < -0.39 is 10.4 Å². The van der Waals surface area contributed by atoms with Gasteiger partial charge in [-0.3, -0.25) is 4.55 Å². The molecular formula is C6H8CaO4S. The number of hydrogen-bond acceptors (Lipinski definition) is 3. The number of para-hydroxylation sites is 1. The fraction of sp³-hybridized carbons (Fsp3) is 0. The summed E-state index contributed by atoms with van der Waals surface area (Å²) in [5, 5.41) is 0. The summed E-state index contributed by atoms with van der Waals surface area (Å²) < 4.78 is 32.6. The molecule has 0 atom stereocenters. The standard InChI is InChI=1S/C6H6O4S.Ca.2H/c7-11(8,9)10-6-4-2-1-3-5-6;;;/h1-5H,(H,7,8,9);;;. The molecule has 0 aliphatic rings. The average Bonchev–Trinajstić information content (AvgIpc) is 1.85. The van der Waals surface area contributed by atoms with E-state index in [9.17, 15) is 8.42 Å². The van der Waals surface area contributed by atoms with Crippen LogP contribution in [0.5, 0.6) is 5.75 Å². The molecule has 1 rings (SSSR count). The fourth-order valence-electron chi connectivity index (χ4n) is 0.598. The first-order valence-electron chi connectivity index (χ1n) is 2.80. The molecule has 0 bridgehead atoms. The first-order chi connectivity index (χ1) is 5.08. The third-order valence-electron chi connectivity index (χ3n) is 0.945. The van der Waals surface area contributed by atoms with Gasteiger partial charge in [0, 0.05) is 0 Å². The summed E-state index contributed by atoms with van der Waals surface area (Å²) in [5.41, 5.74) is 0. The Hall–Kier alpha value is 0.190. The van der Waals surface area contributed by atoms with E-state index in [0.717, 1.165) is 0 Å². The molecule has 0 aliphatic carbocycles. The van der Waals surface area contributed by atoms with Gasteiger partial charge in [-0.15, -0.1) is 0 Å². The second-order valence-electron chi connectivity index (χ2n) is 1.82. The molecule has 4 nitrogen and oxygen atoms in total. The number of rotatable bonds is 2. The van der Waals surface area contributed by atoms with Crippen LogP contribution in [0.2, 0.25) is 0 Å². The van der Waals surface area contributed by atoms with Crippen LogP contribution in [0.25, 0.3) is 0 Å². The van der Waals surface area contributed by atoms with Crippen molar-refractivity contribution in [3.8, 4) is 5.75 Å². The Morgan fingerprint density at radius 1 is 1.17 bits per heavy atom. The van der Waals surface area contributed by atoms with E-state index >= 15 is 0 Å². The van der Waals surface area contributed by atoms with Gasteiger partial charge in [-0.1, -0.05) is 18.2 Å². The molecule has 12 heavy (non-hydrogen) atoms. The molecule has 1 aromatic rings. The molecule has 0 aliphatic heterocycles. The number of hydrogen-bond donors (Lipinski definition) is 1. The summed E-state index contributed by atoms with van der Waals surface area (Å²) in [7, 11) is -4.38. The van der Waals surface area contributed by atoms with Crippen molar-refractivity contribution < 1.29 is 17.2 Å². The van der Waals surface area contributed by atoms with Gasteiger partial charge in [0.1, 0.15) is 5.75 Å². The van der Waals surface area contributed by atoms with Crippen LogP contribution < -0.4 is 4.18 Å². The quantitative estimate of drug-likeness (QED) is 0.556. The Morgan fingerprint density at radius 3 is 2.08 bits per heavy atom. The molecule has 0 fully saturated rings. The van der Waals surface area contributed by atoms with Gasteiger partial charge in [0.25, 0.3) is 0 Å². The zero-order valence-corrected chi connectivity index (χ0v) is 6.28. The van der Waals surface area contributed by atoms with Crippen molar-refractivity contribution in [2.45, 2.75) is 0 Å². The van der Waals surface area contributed by atoms with Crippen LogP contribution in [0.4, 0.5) is 0 Å². The van der Waals surface area contributed by atoms with E-state index in [1.54, 1.807) is 18.2 Å². The Morgan fingerprint density at radius 2 is 1.67 bits per heavy atom. The molecule has 6 heteroatoms. The molecule has 64 valence electrons. The first kappa shape index (κ1) is 12.2. The van der Waals surface area contributed by atoms with E-state index in [1.165, 1.54) is 12.1 Å². The van der Waals surface area contributed by atoms with Crippen LogP contribution in [0.1, 0.15) is 0 Å². The van der Waals surface area contributed by atoms with E-state index in [-0.39, 0.29) is 43.5 Å². The molecule has 0 radical (unpaired) electrons. The summed E-state index contributed by atoms with van der Waals surface area (Å²) >= 11 is 0. The summed E-state index contributed by atoms with van der Waals surface area (Å²) in [6.07, 6.45) is 0. The van der Waals surface area contributed by atoms with Crippen LogP contribution in [0.3, 0.4) is 0 Å². The van der Waals surface area contributed by atoms with Gasteiger partial charge in [0.15, 0.2) is 0 Å².